The van der Waals surface area contributed by atoms with Gasteiger partial charge in [0, 0.05) is 51.4 Å². The molecule has 4 heteroatoms. The van der Waals surface area contributed by atoms with Gasteiger partial charge in [-0.15, -0.1) is 0 Å². The van der Waals surface area contributed by atoms with Crippen molar-refractivity contribution < 1.29 is 0 Å². The lowest BCUT2D eigenvalue weighted by molar-refractivity contribution is 1.12. The molecule has 3 N–H and O–H groups in total. The lowest BCUT2D eigenvalue weighted by atomic mass is 10.0. The van der Waals surface area contributed by atoms with Crippen molar-refractivity contribution in [3.05, 3.63) is 217 Å². The fraction of sp³-hybridized carbons (Fsp3) is 0.0385. The Labute approximate surface area is 328 Å². The van der Waals surface area contributed by atoms with E-state index >= 15 is 0 Å². The van der Waals surface area contributed by atoms with E-state index in [9.17, 15) is 0 Å². The van der Waals surface area contributed by atoms with E-state index in [1.807, 2.05) is 12.1 Å². The smallest absolute Gasteiger partial charge is 0.0540 e. The first-order valence-corrected chi connectivity index (χ1v) is 19.1. The highest BCUT2D eigenvalue weighted by molar-refractivity contribution is 6.00. The van der Waals surface area contributed by atoms with Gasteiger partial charge in [0.2, 0.25) is 0 Å². The van der Waals surface area contributed by atoms with Gasteiger partial charge in [0.1, 0.15) is 0 Å². The summed E-state index contributed by atoms with van der Waals surface area (Å²) in [4.78, 5) is 4.66. The zero-order chi connectivity index (χ0) is 37.8. The van der Waals surface area contributed by atoms with E-state index in [1.54, 1.807) is 0 Å². The minimum Gasteiger partial charge on any atom is -0.399 e. The molecule has 270 valence electrons. The highest BCUT2D eigenvalue weighted by Gasteiger charge is 2.18. The topological polar surface area (TPSA) is 44.5 Å². The summed E-state index contributed by atoms with van der Waals surface area (Å²) in [6, 6.07) is 73.2. The van der Waals surface area contributed by atoms with Crippen LogP contribution in [-0.2, 0) is 6.54 Å². The highest BCUT2D eigenvalue weighted by atomic mass is 15.1. The fourth-order valence-corrected chi connectivity index (χ4v) is 7.62. The number of nitrogen functional groups attached to an aromatic ring is 1. The Morgan fingerprint density at radius 3 is 1.32 bits per heavy atom. The van der Waals surface area contributed by atoms with Crippen molar-refractivity contribution in [2.75, 3.05) is 20.9 Å². The van der Waals surface area contributed by atoms with Crippen LogP contribution in [0, 0.1) is 6.92 Å². The molecule has 0 aliphatic carbocycles. The Balaban J connectivity index is 1.04. The minimum absolute atomic E-state index is 0.743. The summed E-state index contributed by atoms with van der Waals surface area (Å²) in [7, 11) is 0. The molecule has 4 nitrogen and oxygen atoms in total. The summed E-state index contributed by atoms with van der Waals surface area (Å²) in [6.45, 7) is 2.94. The Kier molecular flexibility index (Phi) is 9.36. The average Bonchev–Trinajstić information content (AvgIpc) is 3.25. The average molecular weight is 723 g/mol. The van der Waals surface area contributed by atoms with Gasteiger partial charge in [0.05, 0.1) is 11.4 Å². The molecule has 9 rings (SSSR count). The number of benzene rings is 9. The molecule has 0 saturated heterocycles. The van der Waals surface area contributed by atoms with E-state index < -0.39 is 0 Å². The van der Waals surface area contributed by atoms with Crippen molar-refractivity contribution in [1.29, 1.82) is 0 Å². The maximum atomic E-state index is 6.11. The summed E-state index contributed by atoms with van der Waals surface area (Å²) in [6.07, 6.45) is 0. The van der Waals surface area contributed by atoms with Crippen molar-refractivity contribution in [2.45, 2.75) is 13.5 Å². The molecule has 0 fully saturated rings. The number of nitrogens with two attached hydrogens (primary N) is 1. The van der Waals surface area contributed by atoms with Crippen LogP contribution >= 0.6 is 0 Å². The number of hydrogen-bond acceptors (Lipinski definition) is 4. The second-order valence-corrected chi connectivity index (χ2v) is 14.2. The molecule has 0 aliphatic rings. The third-order valence-corrected chi connectivity index (χ3v) is 10.6. The standard InChI is InChI=1S/C52H42N4/c1-37-10-2-3-13-42(37)36-54-44-26-34-48(35-27-44)56(52-19-9-15-41-12-5-7-17-50(41)52)46-30-22-39(23-31-46)38-20-28-45(29-21-38)55(47-32-24-43(53)25-33-47)51-18-8-14-40-11-4-6-16-49(40)51/h2-35,54H,36,53H2,1H3. The fourth-order valence-electron chi connectivity index (χ4n) is 7.62. The van der Waals surface area contributed by atoms with Crippen LogP contribution in [0.2, 0.25) is 0 Å². The second-order valence-electron chi connectivity index (χ2n) is 14.2. The molecule has 0 heterocycles. The Hall–Kier alpha value is -7.30. The quantitative estimate of drug-likeness (QED) is 0.138. The molecule has 9 aromatic rings. The van der Waals surface area contributed by atoms with E-state index in [4.69, 9.17) is 5.73 Å². The number of nitrogens with one attached hydrogen (secondary N) is 1. The van der Waals surface area contributed by atoms with Crippen LogP contribution in [0.4, 0.5) is 45.5 Å². The summed E-state index contributed by atoms with van der Waals surface area (Å²) in [5.74, 6) is 0. The molecule has 0 radical (unpaired) electrons. The third kappa shape index (κ3) is 6.92. The zero-order valence-corrected chi connectivity index (χ0v) is 31.3. The van der Waals surface area contributed by atoms with E-state index in [0.29, 0.717) is 0 Å². The lowest BCUT2D eigenvalue weighted by Gasteiger charge is -2.27. The van der Waals surface area contributed by atoms with Gasteiger partial charge in [-0.25, -0.2) is 0 Å². The van der Waals surface area contributed by atoms with Gasteiger partial charge in [-0.1, -0.05) is 121 Å². The first-order valence-electron chi connectivity index (χ1n) is 19.1. The minimum atomic E-state index is 0.743. The van der Waals surface area contributed by atoms with Crippen molar-refractivity contribution in [1.82, 2.24) is 0 Å². The number of fused-ring (bicyclic) bond motifs is 2. The predicted molar refractivity (Wildman–Crippen MR) is 239 cm³/mol. The summed E-state index contributed by atoms with van der Waals surface area (Å²) < 4.78 is 0. The van der Waals surface area contributed by atoms with Crippen molar-refractivity contribution in [3.8, 4) is 11.1 Å². The van der Waals surface area contributed by atoms with Crippen molar-refractivity contribution in [2.24, 2.45) is 0 Å². The maximum absolute atomic E-state index is 6.11. The monoisotopic (exact) mass is 722 g/mol. The Bertz CT molecular complexity index is 2740. The summed E-state index contributed by atoms with van der Waals surface area (Å²) in [5, 5.41) is 8.42. The van der Waals surface area contributed by atoms with Crippen LogP contribution in [0.15, 0.2) is 206 Å². The van der Waals surface area contributed by atoms with E-state index in [0.717, 1.165) is 63.2 Å². The largest absolute Gasteiger partial charge is 0.399 e. The molecule has 0 bridgehead atoms. The Morgan fingerprint density at radius 2 is 0.821 bits per heavy atom. The molecule has 56 heavy (non-hydrogen) atoms. The molecule has 0 saturated carbocycles. The molecule has 9 aromatic carbocycles. The first kappa shape index (κ1) is 34.5. The van der Waals surface area contributed by atoms with E-state index in [2.05, 4.69) is 216 Å². The van der Waals surface area contributed by atoms with Crippen molar-refractivity contribution >= 4 is 67.0 Å². The van der Waals surface area contributed by atoms with Crippen LogP contribution in [0.25, 0.3) is 32.7 Å². The van der Waals surface area contributed by atoms with Gasteiger partial charge < -0.3 is 20.9 Å². The van der Waals surface area contributed by atoms with Gasteiger partial charge in [-0.2, -0.15) is 0 Å². The van der Waals surface area contributed by atoms with Gasteiger partial charge >= 0.3 is 0 Å². The SMILES string of the molecule is Cc1ccccc1CNc1ccc(N(c2ccc(-c3ccc(N(c4ccc(N)cc4)c4cccc5ccccc45)cc3)cc2)c2cccc3ccccc23)cc1. The number of anilines is 8. The zero-order valence-electron chi connectivity index (χ0n) is 31.3. The molecule has 0 amide bonds. The van der Waals surface area contributed by atoms with Crippen LogP contribution in [0.3, 0.4) is 0 Å². The molecule has 0 spiro atoms. The van der Waals surface area contributed by atoms with Crippen LogP contribution in [-0.4, -0.2) is 0 Å². The van der Waals surface area contributed by atoms with Gasteiger partial charge in [0.15, 0.2) is 0 Å². The summed E-state index contributed by atoms with van der Waals surface area (Å²) in [5.41, 5.74) is 19.4. The lowest BCUT2D eigenvalue weighted by Crippen LogP contribution is -2.11. The molecule has 0 aliphatic heterocycles. The first-order chi connectivity index (χ1) is 27.6. The number of hydrogen-bond donors (Lipinski definition) is 2. The molecular formula is C52H42N4. The molecule has 0 aromatic heterocycles. The Morgan fingerprint density at radius 1 is 0.411 bits per heavy atom. The van der Waals surface area contributed by atoms with Gasteiger partial charge in [-0.3, -0.25) is 0 Å². The van der Waals surface area contributed by atoms with E-state index in [-0.39, 0.29) is 0 Å². The second kappa shape index (κ2) is 15.2. The van der Waals surface area contributed by atoms with Crippen LogP contribution < -0.4 is 20.9 Å². The number of nitrogens with zero attached hydrogens (tertiary/aromatic N) is 2. The predicted octanol–water partition coefficient (Wildman–Crippen LogP) is 14.1. The third-order valence-electron chi connectivity index (χ3n) is 10.6. The summed E-state index contributed by atoms with van der Waals surface area (Å²) >= 11 is 0. The van der Waals surface area contributed by atoms with Crippen molar-refractivity contribution in [3.63, 3.8) is 0 Å². The number of rotatable bonds is 10. The van der Waals surface area contributed by atoms with Gasteiger partial charge in [-0.05, 0) is 125 Å². The van der Waals surface area contributed by atoms with Gasteiger partial charge in [0.25, 0.3) is 0 Å². The van der Waals surface area contributed by atoms with Crippen LogP contribution in [0.1, 0.15) is 11.1 Å². The molecular weight excluding hydrogens is 681 g/mol. The highest BCUT2D eigenvalue weighted by Crippen LogP contribution is 2.42. The molecule has 0 unspecified atom stereocenters. The number of aryl methyl sites for hydroxylation is 1. The molecule has 0 atom stereocenters. The van der Waals surface area contributed by atoms with Crippen LogP contribution in [0.5, 0.6) is 0 Å². The normalized spacial score (nSPS) is 11.1. The maximum Gasteiger partial charge on any atom is 0.0540 e. The van der Waals surface area contributed by atoms with E-state index in [1.165, 1.54) is 32.7 Å².